The molecule has 20 heavy (non-hydrogen) atoms. The van der Waals surface area contributed by atoms with Gasteiger partial charge in [-0.2, -0.15) is 9.40 Å². The predicted octanol–water partition coefficient (Wildman–Crippen LogP) is 1.06. The Labute approximate surface area is 121 Å². The molecular formula is C13H24N4O2S. The maximum absolute atomic E-state index is 12.4. The van der Waals surface area contributed by atoms with Gasteiger partial charge in [-0.15, -0.1) is 0 Å². The highest BCUT2D eigenvalue weighted by Crippen LogP contribution is 2.28. The molecule has 1 saturated carbocycles. The van der Waals surface area contributed by atoms with Crippen LogP contribution in [0.3, 0.4) is 0 Å². The van der Waals surface area contributed by atoms with Gasteiger partial charge in [-0.25, -0.2) is 8.42 Å². The van der Waals surface area contributed by atoms with Crippen molar-refractivity contribution in [2.24, 2.45) is 0 Å². The number of hydrogen-bond donors (Lipinski definition) is 1. The molecule has 1 heterocycles. The normalized spacial score (nSPS) is 16.6. The summed E-state index contributed by atoms with van der Waals surface area (Å²) >= 11 is 0. The van der Waals surface area contributed by atoms with E-state index in [-0.39, 0.29) is 6.04 Å². The summed E-state index contributed by atoms with van der Waals surface area (Å²) in [4.78, 5) is 0.294. The Morgan fingerprint density at radius 2 is 2.20 bits per heavy atom. The van der Waals surface area contributed by atoms with E-state index in [9.17, 15) is 8.42 Å². The molecule has 0 bridgehead atoms. The van der Waals surface area contributed by atoms with Crippen LogP contribution in [0.15, 0.2) is 17.3 Å². The highest BCUT2D eigenvalue weighted by molar-refractivity contribution is 7.89. The van der Waals surface area contributed by atoms with Gasteiger partial charge in [0.15, 0.2) is 0 Å². The summed E-state index contributed by atoms with van der Waals surface area (Å²) in [5, 5.41) is 7.41. The molecule has 0 unspecified atom stereocenters. The molecule has 1 fully saturated rings. The summed E-state index contributed by atoms with van der Waals surface area (Å²) in [7, 11) is -1.72. The zero-order chi connectivity index (χ0) is 14.6. The Morgan fingerprint density at radius 1 is 1.45 bits per heavy atom. The maximum Gasteiger partial charge on any atom is 0.246 e. The molecule has 7 heteroatoms. The molecule has 0 saturated heterocycles. The SMILES string of the molecule is CCCNCCn1cc(S(=O)(=O)N(C)C2CCC2)cn1. The molecule has 1 N–H and O–H groups in total. The van der Waals surface area contributed by atoms with E-state index in [0.717, 1.165) is 38.8 Å². The Hall–Kier alpha value is -0.920. The van der Waals surface area contributed by atoms with Crippen LogP contribution in [-0.2, 0) is 16.6 Å². The van der Waals surface area contributed by atoms with Crippen molar-refractivity contribution in [1.29, 1.82) is 0 Å². The van der Waals surface area contributed by atoms with Crippen LogP contribution in [0, 0.1) is 0 Å². The van der Waals surface area contributed by atoms with Gasteiger partial charge in [0.25, 0.3) is 0 Å². The maximum atomic E-state index is 12.4. The third-order valence-corrected chi connectivity index (χ3v) is 5.68. The van der Waals surface area contributed by atoms with Crippen LogP contribution in [0.1, 0.15) is 32.6 Å². The van der Waals surface area contributed by atoms with Crippen molar-refractivity contribution >= 4 is 10.0 Å². The zero-order valence-electron chi connectivity index (χ0n) is 12.2. The van der Waals surface area contributed by atoms with Crippen molar-refractivity contribution in [1.82, 2.24) is 19.4 Å². The van der Waals surface area contributed by atoms with Gasteiger partial charge in [-0.1, -0.05) is 13.3 Å². The van der Waals surface area contributed by atoms with Crippen LogP contribution in [0.2, 0.25) is 0 Å². The Kier molecular flexibility index (Phi) is 5.17. The molecule has 1 aliphatic carbocycles. The molecule has 1 aliphatic rings. The average Bonchev–Trinajstić information content (AvgIpc) is 2.82. The predicted molar refractivity (Wildman–Crippen MR) is 78.0 cm³/mol. The molecule has 0 atom stereocenters. The highest BCUT2D eigenvalue weighted by Gasteiger charge is 2.32. The monoisotopic (exact) mass is 300 g/mol. The molecule has 1 aromatic heterocycles. The van der Waals surface area contributed by atoms with Crippen LogP contribution < -0.4 is 5.32 Å². The zero-order valence-corrected chi connectivity index (χ0v) is 13.1. The van der Waals surface area contributed by atoms with Crippen LogP contribution in [0.5, 0.6) is 0 Å². The van der Waals surface area contributed by atoms with Gasteiger partial charge in [0, 0.05) is 25.8 Å². The minimum absolute atomic E-state index is 0.162. The number of nitrogens with zero attached hydrogens (tertiary/aromatic N) is 3. The first-order chi connectivity index (χ1) is 9.55. The van der Waals surface area contributed by atoms with E-state index in [0.29, 0.717) is 11.4 Å². The summed E-state index contributed by atoms with van der Waals surface area (Å²) in [6.45, 7) is 4.56. The molecule has 0 amide bonds. The summed E-state index contributed by atoms with van der Waals surface area (Å²) in [5.41, 5.74) is 0. The standard InChI is InChI=1S/C13H24N4O2S/c1-3-7-14-8-9-17-11-13(10-15-17)20(18,19)16(2)12-5-4-6-12/h10-12,14H,3-9H2,1-2H3. The minimum Gasteiger partial charge on any atom is -0.315 e. The summed E-state index contributed by atoms with van der Waals surface area (Å²) in [6.07, 6.45) is 7.20. The molecule has 0 aliphatic heterocycles. The van der Waals surface area contributed by atoms with Crippen LogP contribution in [-0.4, -0.2) is 48.7 Å². The minimum atomic E-state index is -3.38. The Morgan fingerprint density at radius 3 is 2.80 bits per heavy atom. The van der Waals surface area contributed by atoms with E-state index in [4.69, 9.17) is 0 Å². The summed E-state index contributed by atoms with van der Waals surface area (Å²) < 4.78 is 28.0. The second-order valence-corrected chi connectivity index (χ2v) is 7.29. The van der Waals surface area contributed by atoms with Gasteiger partial charge in [-0.05, 0) is 25.8 Å². The average molecular weight is 300 g/mol. The van der Waals surface area contributed by atoms with Crippen molar-refractivity contribution in [2.75, 3.05) is 20.1 Å². The number of sulfonamides is 1. The van der Waals surface area contributed by atoms with E-state index in [1.165, 1.54) is 10.5 Å². The van der Waals surface area contributed by atoms with Gasteiger partial charge < -0.3 is 5.32 Å². The smallest absolute Gasteiger partial charge is 0.246 e. The largest absolute Gasteiger partial charge is 0.315 e. The molecule has 114 valence electrons. The summed E-state index contributed by atoms with van der Waals surface area (Å²) in [5.74, 6) is 0. The molecule has 0 spiro atoms. The first kappa shape index (κ1) is 15.5. The van der Waals surface area contributed by atoms with Crippen LogP contribution >= 0.6 is 0 Å². The van der Waals surface area contributed by atoms with Gasteiger partial charge in [0.2, 0.25) is 10.0 Å². The Balaban J connectivity index is 1.96. The highest BCUT2D eigenvalue weighted by atomic mass is 32.2. The quantitative estimate of drug-likeness (QED) is 0.729. The third kappa shape index (κ3) is 3.39. The molecule has 1 aromatic rings. The third-order valence-electron chi connectivity index (χ3n) is 3.82. The topological polar surface area (TPSA) is 67.2 Å². The van der Waals surface area contributed by atoms with E-state index >= 15 is 0 Å². The van der Waals surface area contributed by atoms with E-state index in [1.54, 1.807) is 17.9 Å². The molecular weight excluding hydrogens is 276 g/mol. The lowest BCUT2D eigenvalue weighted by molar-refractivity contribution is 0.249. The second-order valence-electron chi connectivity index (χ2n) is 5.30. The number of rotatable bonds is 8. The lowest BCUT2D eigenvalue weighted by atomic mass is 9.94. The van der Waals surface area contributed by atoms with Crippen LogP contribution in [0.4, 0.5) is 0 Å². The lowest BCUT2D eigenvalue weighted by Gasteiger charge is -2.33. The molecule has 0 aromatic carbocycles. The Bertz CT molecular complexity index is 522. The number of aromatic nitrogens is 2. The van der Waals surface area contributed by atoms with E-state index < -0.39 is 10.0 Å². The van der Waals surface area contributed by atoms with Crippen molar-refractivity contribution < 1.29 is 8.42 Å². The van der Waals surface area contributed by atoms with Crippen molar-refractivity contribution in [3.8, 4) is 0 Å². The van der Waals surface area contributed by atoms with Crippen molar-refractivity contribution in [3.63, 3.8) is 0 Å². The number of nitrogens with one attached hydrogen (secondary N) is 1. The fourth-order valence-corrected chi connectivity index (χ4v) is 3.58. The van der Waals surface area contributed by atoms with E-state index in [1.807, 2.05) is 0 Å². The van der Waals surface area contributed by atoms with E-state index in [2.05, 4.69) is 17.3 Å². The van der Waals surface area contributed by atoms with Gasteiger partial charge >= 0.3 is 0 Å². The summed E-state index contributed by atoms with van der Waals surface area (Å²) in [6, 6.07) is 0.162. The molecule has 2 rings (SSSR count). The first-order valence-electron chi connectivity index (χ1n) is 7.27. The fourth-order valence-electron chi connectivity index (χ4n) is 2.21. The van der Waals surface area contributed by atoms with Crippen molar-refractivity contribution in [2.45, 2.75) is 50.1 Å². The van der Waals surface area contributed by atoms with Crippen LogP contribution in [0.25, 0.3) is 0 Å². The first-order valence-corrected chi connectivity index (χ1v) is 8.71. The second kappa shape index (κ2) is 6.69. The lowest BCUT2D eigenvalue weighted by Crippen LogP contribution is -2.41. The van der Waals surface area contributed by atoms with Gasteiger partial charge in [0.05, 0.1) is 12.7 Å². The van der Waals surface area contributed by atoms with Gasteiger partial charge in [0.1, 0.15) is 4.90 Å². The van der Waals surface area contributed by atoms with Gasteiger partial charge in [-0.3, -0.25) is 4.68 Å². The van der Waals surface area contributed by atoms with Crippen molar-refractivity contribution in [3.05, 3.63) is 12.4 Å². The fraction of sp³-hybridized carbons (Fsp3) is 0.769. The number of hydrogen-bond acceptors (Lipinski definition) is 4. The molecule has 0 radical (unpaired) electrons. The molecule has 6 nitrogen and oxygen atoms in total.